The molecule has 3 heterocycles. The highest BCUT2D eigenvalue weighted by atomic mass is 16.5. The molecule has 0 atom stereocenters. The van der Waals surface area contributed by atoms with E-state index >= 15 is 0 Å². The number of furan rings is 1. The van der Waals surface area contributed by atoms with E-state index in [9.17, 15) is 14.4 Å². The predicted octanol–water partition coefficient (Wildman–Crippen LogP) is 3.81. The SMILES string of the molecule is CCc1cccc(OCC(=O)c2ccc3c(c2)N(Cc2ccc(C(=O)N4CCN(CC)CC4)o2)C(=O)CO3)c1. The fourth-order valence-electron chi connectivity index (χ4n) is 4.79. The van der Waals surface area contributed by atoms with Crippen molar-refractivity contribution in [2.45, 2.75) is 26.8 Å². The van der Waals surface area contributed by atoms with Crippen LogP contribution in [0.4, 0.5) is 5.69 Å². The Morgan fingerprint density at radius 1 is 0.974 bits per heavy atom. The van der Waals surface area contributed by atoms with Crippen LogP contribution in [0.1, 0.15) is 46.1 Å². The Morgan fingerprint density at radius 3 is 2.56 bits per heavy atom. The van der Waals surface area contributed by atoms with E-state index in [4.69, 9.17) is 13.9 Å². The van der Waals surface area contributed by atoms with E-state index in [1.807, 2.05) is 24.3 Å². The van der Waals surface area contributed by atoms with E-state index in [0.29, 0.717) is 41.6 Å². The summed E-state index contributed by atoms with van der Waals surface area (Å²) in [6.45, 7) is 7.99. The lowest BCUT2D eigenvalue weighted by molar-refractivity contribution is -0.121. The van der Waals surface area contributed by atoms with E-state index in [1.165, 1.54) is 4.90 Å². The molecule has 0 N–H and O–H groups in total. The number of hydrogen-bond donors (Lipinski definition) is 0. The summed E-state index contributed by atoms with van der Waals surface area (Å²) in [6.07, 6.45) is 0.876. The highest BCUT2D eigenvalue weighted by Gasteiger charge is 2.29. The first-order chi connectivity index (χ1) is 18.9. The molecule has 3 aromatic rings. The van der Waals surface area contributed by atoms with E-state index in [0.717, 1.165) is 31.6 Å². The molecule has 2 amide bonds. The Hall–Kier alpha value is -4.11. The minimum absolute atomic E-state index is 0.115. The third-order valence-electron chi connectivity index (χ3n) is 7.19. The summed E-state index contributed by atoms with van der Waals surface area (Å²) in [5.41, 5.74) is 2.01. The van der Waals surface area contributed by atoms with Gasteiger partial charge < -0.3 is 23.7 Å². The second-order valence-electron chi connectivity index (χ2n) is 9.66. The number of aryl methyl sites for hydroxylation is 1. The molecular weight excluding hydrogens is 498 g/mol. The Morgan fingerprint density at radius 2 is 1.79 bits per heavy atom. The number of rotatable bonds is 9. The molecule has 2 aliphatic heterocycles. The number of Topliss-reactive ketones (excluding diaryl/α,β-unsaturated/α-hetero) is 1. The van der Waals surface area contributed by atoms with Gasteiger partial charge in [0, 0.05) is 31.7 Å². The summed E-state index contributed by atoms with van der Waals surface area (Å²) in [5, 5.41) is 0. The normalized spacial score (nSPS) is 15.6. The molecule has 1 fully saturated rings. The Labute approximate surface area is 227 Å². The van der Waals surface area contributed by atoms with Crippen molar-refractivity contribution in [3.05, 3.63) is 77.2 Å². The first-order valence-electron chi connectivity index (χ1n) is 13.4. The smallest absolute Gasteiger partial charge is 0.289 e. The van der Waals surface area contributed by atoms with Gasteiger partial charge in [-0.2, -0.15) is 0 Å². The van der Waals surface area contributed by atoms with E-state index in [-0.39, 0.29) is 43.1 Å². The molecule has 0 saturated carbocycles. The summed E-state index contributed by atoms with van der Waals surface area (Å²) >= 11 is 0. The zero-order valence-corrected chi connectivity index (χ0v) is 22.4. The summed E-state index contributed by atoms with van der Waals surface area (Å²) in [6, 6.07) is 16.0. The van der Waals surface area contributed by atoms with Gasteiger partial charge in [-0.25, -0.2) is 0 Å². The van der Waals surface area contributed by atoms with Crippen LogP contribution >= 0.6 is 0 Å². The largest absolute Gasteiger partial charge is 0.485 e. The van der Waals surface area contributed by atoms with Crippen LogP contribution in [0, 0.1) is 0 Å². The minimum atomic E-state index is -0.264. The summed E-state index contributed by atoms with van der Waals surface area (Å²) in [5.74, 6) is 1.23. The number of anilines is 1. The maximum absolute atomic E-state index is 12.9. The number of ether oxygens (including phenoxy) is 2. The predicted molar refractivity (Wildman–Crippen MR) is 145 cm³/mol. The molecule has 0 aliphatic carbocycles. The Balaban J connectivity index is 1.27. The highest BCUT2D eigenvalue weighted by Crippen LogP contribution is 2.34. The number of fused-ring (bicyclic) bond motifs is 1. The van der Waals surface area contributed by atoms with Crippen molar-refractivity contribution >= 4 is 23.3 Å². The molecule has 0 radical (unpaired) electrons. The van der Waals surface area contributed by atoms with Gasteiger partial charge in [-0.3, -0.25) is 19.3 Å². The van der Waals surface area contributed by atoms with Gasteiger partial charge in [-0.15, -0.1) is 0 Å². The molecular formula is C30H33N3O6. The van der Waals surface area contributed by atoms with Crippen LogP contribution in [0.15, 0.2) is 59.0 Å². The van der Waals surface area contributed by atoms with Crippen molar-refractivity contribution in [1.29, 1.82) is 0 Å². The van der Waals surface area contributed by atoms with Crippen molar-refractivity contribution in [3.63, 3.8) is 0 Å². The maximum Gasteiger partial charge on any atom is 0.289 e. The van der Waals surface area contributed by atoms with Crippen LogP contribution in [-0.2, 0) is 17.8 Å². The number of nitrogens with zero attached hydrogens (tertiary/aromatic N) is 3. The maximum atomic E-state index is 12.9. The van der Waals surface area contributed by atoms with Gasteiger partial charge in [0.1, 0.15) is 17.3 Å². The fraction of sp³-hybridized carbons (Fsp3) is 0.367. The lowest BCUT2D eigenvalue weighted by atomic mass is 10.1. The summed E-state index contributed by atoms with van der Waals surface area (Å²) in [7, 11) is 0. The van der Waals surface area contributed by atoms with Crippen LogP contribution in [-0.4, -0.2) is 73.3 Å². The molecule has 1 saturated heterocycles. The number of piperazine rings is 1. The molecule has 204 valence electrons. The summed E-state index contributed by atoms with van der Waals surface area (Å²) < 4.78 is 17.2. The monoisotopic (exact) mass is 531 g/mol. The van der Waals surface area contributed by atoms with Crippen LogP contribution in [0.3, 0.4) is 0 Å². The quantitative estimate of drug-likeness (QED) is 0.388. The van der Waals surface area contributed by atoms with E-state index in [2.05, 4.69) is 18.7 Å². The summed E-state index contributed by atoms with van der Waals surface area (Å²) in [4.78, 5) is 44.3. The van der Waals surface area contributed by atoms with Gasteiger partial charge in [0.2, 0.25) is 0 Å². The van der Waals surface area contributed by atoms with Crippen molar-refractivity contribution in [3.8, 4) is 11.5 Å². The molecule has 0 spiro atoms. The Bertz CT molecular complexity index is 1360. The van der Waals surface area contributed by atoms with Crippen molar-refractivity contribution in [2.75, 3.05) is 50.8 Å². The second kappa shape index (κ2) is 11.7. The first kappa shape index (κ1) is 26.5. The molecule has 39 heavy (non-hydrogen) atoms. The standard InChI is InChI=1S/C30H33N3O6/c1-3-21-6-5-7-23(16-21)37-19-26(34)22-8-10-27-25(17-22)33(29(35)20-38-27)18-24-9-11-28(39-24)30(36)32-14-12-31(4-2)13-15-32/h5-11,16-17H,3-4,12-15,18-20H2,1-2H3. The topological polar surface area (TPSA) is 92.5 Å². The molecule has 0 bridgehead atoms. The van der Waals surface area contributed by atoms with Gasteiger partial charge in [0.05, 0.1) is 12.2 Å². The minimum Gasteiger partial charge on any atom is -0.485 e. The van der Waals surface area contributed by atoms with E-state index < -0.39 is 0 Å². The number of hydrogen-bond acceptors (Lipinski definition) is 7. The molecule has 0 unspecified atom stereocenters. The third kappa shape index (κ3) is 5.98. The molecule has 2 aromatic carbocycles. The van der Waals surface area contributed by atoms with Gasteiger partial charge in [0.25, 0.3) is 11.8 Å². The number of ketones is 1. The molecule has 9 nitrogen and oxygen atoms in total. The van der Waals surface area contributed by atoms with Gasteiger partial charge in [0.15, 0.2) is 24.8 Å². The molecule has 1 aromatic heterocycles. The first-order valence-corrected chi connectivity index (χ1v) is 13.4. The molecule has 2 aliphatic rings. The number of carbonyl (C=O) groups is 3. The lowest BCUT2D eigenvalue weighted by Gasteiger charge is -2.33. The molecule has 5 rings (SSSR count). The second-order valence-corrected chi connectivity index (χ2v) is 9.66. The number of likely N-dealkylation sites (N-methyl/N-ethyl adjacent to an activating group) is 1. The van der Waals surface area contributed by atoms with Crippen molar-refractivity contribution in [2.24, 2.45) is 0 Å². The Kier molecular flexibility index (Phi) is 7.97. The number of benzene rings is 2. The van der Waals surface area contributed by atoms with Crippen LogP contribution in [0.2, 0.25) is 0 Å². The van der Waals surface area contributed by atoms with Crippen LogP contribution in [0.5, 0.6) is 11.5 Å². The number of carbonyl (C=O) groups excluding carboxylic acids is 3. The zero-order valence-electron chi connectivity index (χ0n) is 22.4. The van der Waals surface area contributed by atoms with Gasteiger partial charge in [-0.05, 0) is 61.0 Å². The molecule has 9 heteroatoms. The van der Waals surface area contributed by atoms with Crippen LogP contribution in [0.25, 0.3) is 0 Å². The van der Waals surface area contributed by atoms with Crippen molar-refractivity contribution in [1.82, 2.24) is 9.80 Å². The third-order valence-corrected chi connectivity index (χ3v) is 7.19. The zero-order chi connectivity index (χ0) is 27.4. The van der Waals surface area contributed by atoms with Crippen molar-refractivity contribution < 1.29 is 28.3 Å². The average Bonchev–Trinajstić information content (AvgIpc) is 3.45. The van der Waals surface area contributed by atoms with Crippen LogP contribution < -0.4 is 14.4 Å². The lowest BCUT2D eigenvalue weighted by Crippen LogP contribution is -2.48. The highest BCUT2D eigenvalue weighted by molar-refractivity contribution is 6.02. The van der Waals surface area contributed by atoms with Gasteiger partial charge >= 0.3 is 0 Å². The van der Waals surface area contributed by atoms with E-state index in [1.54, 1.807) is 35.2 Å². The average molecular weight is 532 g/mol. The van der Waals surface area contributed by atoms with Gasteiger partial charge in [-0.1, -0.05) is 26.0 Å². The fourth-order valence-corrected chi connectivity index (χ4v) is 4.79. The number of amides is 2.